The Kier molecular flexibility index (Phi) is 5.78. The standard InChI is InChI=1S/C17H12F3NO3S3/c1-23-15(22)13-7-11(16(25-2)27-13)14-21-12(8-26-14)9-4-3-5-10(6-9)24-17(18,19)20/h3-8H,1-2H3. The van der Waals surface area contributed by atoms with Crippen LogP contribution in [0.4, 0.5) is 13.2 Å². The van der Waals surface area contributed by atoms with E-state index in [4.69, 9.17) is 4.74 Å². The lowest BCUT2D eigenvalue weighted by atomic mass is 10.1. The summed E-state index contributed by atoms with van der Waals surface area (Å²) in [7, 11) is 1.32. The van der Waals surface area contributed by atoms with Crippen molar-refractivity contribution in [2.45, 2.75) is 10.6 Å². The zero-order valence-electron chi connectivity index (χ0n) is 14.0. The van der Waals surface area contributed by atoms with Crippen molar-refractivity contribution in [1.29, 1.82) is 0 Å². The number of hydrogen-bond acceptors (Lipinski definition) is 7. The molecule has 0 atom stereocenters. The minimum atomic E-state index is -4.75. The number of methoxy groups -OCH3 is 1. The van der Waals surface area contributed by atoms with Crippen molar-refractivity contribution in [3.05, 3.63) is 40.6 Å². The van der Waals surface area contributed by atoms with Gasteiger partial charge in [0, 0.05) is 16.5 Å². The third kappa shape index (κ3) is 4.63. The van der Waals surface area contributed by atoms with Gasteiger partial charge in [-0.1, -0.05) is 12.1 Å². The molecule has 0 aliphatic rings. The molecule has 0 radical (unpaired) electrons. The van der Waals surface area contributed by atoms with Crippen molar-refractivity contribution >= 4 is 40.4 Å². The van der Waals surface area contributed by atoms with Gasteiger partial charge < -0.3 is 9.47 Å². The molecular formula is C17H12F3NO3S3. The van der Waals surface area contributed by atoms with Gasteiger partial charge in [-0.3, -0.25) is 0 Å². The number of carbonyl (C=O) groups is 1. The average molecular weight is 431 g/mol. The highest BCUT2D eigenvalue weighted by atomic mass is 32.2. The van der Waals surface area contributed by atoms with Gasteiger partial charge in [-0.15, -0.1) is 47.6 Å². The molecule has 0 saturated heterocycles. The van der Waals surface area contributed by atoms with E-state index in [1.807, 2.05) is 6.26 Å². The Bertz CT molecular complexity index is 966. The lowest BCUT2D eigenvalue weighted by Crippen LogP contribution is -2.17. The lowest BCUT2D eigenvalue weighted by Gasteiger charge is -2.09. The molecule has 0 N–H and O–H groups in total. The summed E-state index contributed by atoms with van der Waals surface area (Å²) in [4.78, 5) is 16.7. The maximum Gasteiger partial charge on any atom is 0.573 e. The average Bonchev–Trinajstić information content (AvgIpc) is 3.26. The van der Waals surface area contributed by atoms with E-state index in [2.05, 4.69) is 9.72 Å². The predicted octanol–water partition coefficient (Wildman–Crippen LogP) is 5.95. The van der Waals surface area contributed by atoms with Crippen molar-refractivity contribution in [1.82, 2.24) is 4.98 Å². The van der Waals surface area contributed by atoms with E-state index in [0.717, 1.165) is 9.77 Å². The molecule has 2 heterocycles. The molecule has 3 aromatic rings. The zero-order valence-corrected chi connectivity index (χ0v) is 16.4. The first-order valence-electron chi connectivity index (χ1n) is 7.39. The van der Waals surface area contributed by atoms with E-state index in [9.17, 15) is 18.0 Å². The number of thioether (sulfide) groups is 1. The number of esters is 1. The lowest BCUT2D eigenvalue weighted by molar-refractivity contribution is -0.274. The quantitative estimate of drug-likeness (QED) is 0.369. The summed E-state index contributed by atoms with van der Waals surface area (Å²) in [6.07, 6.45) is -2.86. The normalized spacial score (nSPS) is 11.4. The minimum absolute atomic E-state index is 0.303. The van der Waals surface area contributed by atoms with Gasteiger partial charge in [0.15, 0.2) is 0 Å². The number of nitrogens with zero attached hydrogens (tertiary/aromatic N) is 1. The summed E-state index contributed by atoms with van der Waals surface area (Å²) in [6, 6.07) is 7.37. The Labute approximate surface area is 165 Å². The molecule has 4 nitrogen and oxygen atoms in total. The van der Waals surface area contributed by atoms with Gasteiger partial charge in [0.05, 0.1) is 17.0 Å². The number of alkyl halides is 3. The number of thiophene rings is 1. The molecule has 0 aliphatic heterocycles. The SMILES string of the molecule is COC(=O)c1cc(-c2nc(-c3cccc(OC(F)(F)F)c3)cs2)c(SC)s1. The van der Waals surface area contributed by atoms with Gasteiger partial charge in [0.2, 0.25) is 0 Å². The van der Waals surface area contributed by atoms with Crippen LogP contribution in [0.15, 0.2) is 39.9 Å². The fourth-order valence-corrected chi connectivity index (χ4v) is 5.03. The van der Waals surface area contributed by atoms with Crippen LogP contribution in [0.1, 0.15) is 9.67 Å². The number of benzene rings is 1. The topological polar surface area (TPSA) is 48.4 Å². The molecule has 0 aliphatic carbocycles. The van der Waals surface area contributed by atoms with Gasteiger partial charge in [-0.2, -0.15) is 0 Å². The number of carbonyl (C=O) groups excluding carboxylic acids is 1. The third-order valence-corrected chi connectivity index (χ3v) is 6.49. The summed E-state index contributed by atoms with van der Waals surface area (Å²) in [5, 5.41) is 2.42. The molecule has 27 heavy (non-hydrogen) atoms. The first kappa shape index (κ1) is 19.7. The number of ether oxygens (including phenoxy) is 2. The second-order valence-corrected chi connectivity index (χ2v) is 8.11. The molecular weight excluding hydrogens is 419 g/mol. The minimum Gasteiger partial charge on any atom is -0.465 e. The Morgan fingerprint density at radius 3 is 2.70 bits per heavy atom. The number of hydrogen-bond donors (Lipinski definition) is 0. The van der Waals surface area contributed by atoms with Crippen LogP contribution in [-0.2, 0) is 4.74 Å². The smallest absolute Gasteiger partial charge is 0.465 e. The van der Waals surface area contributed by atoms with E-state index >= 15 is 0 Å². The molecule has 0 unspecified atom stereocenters. The van der Waals surface area contributed by atoms with E-state index < -0.39 is 12.3 Å². The van der Waals surface area contributed by atoms with E-state index in [0.29, 0.717) is 21.1 Å². The fourth-order valence-electron chi connectivity index (χ4n) is 2.26. The molecule has 1 aromatic carbocycles. The highest BCUT2D eigenvalue weighted by Crippen LogP contribution is 2.40. The Hall–Kier alpha value is -2.04. The van der Waals surface area contributed by atoms with Gasteiger partial charge >= 0.3 is 12.3 Å². The second-order valence-electron chi connectivity index (χ2n) is 5.12. The molecule has 3 rings (SSSR count). The highest BCUT2D eigenvalue weighted by Gasteiger charge is 2.31. The fraction of sp³-hybridized carbons (Fsp3) is 0.176. The number of rotatable bonds is 5. The number of aromatic nitrogens is 1. The first-order chi connectivity index (χ1) is 12.8. The van der Waals surface area contributed by atoms with E-state index in [1.54, 1.807) is 17.5 Å². The molecule has 0 spiro atoms. The number of thiazole rings is 1. The molecule has 0 fully saturated rings. The van der Waals surface area contributed by atoms with Crippen LogP contribution in [0.5, 0.6) is 5.75 Å². The van der Waals surface area contributed by atoms with Crippen LogP contribution in [0.2, 0.25) is 0 Å². The molecule has 2 aromatic heterocycles. The number of halogens is 3. The summed E-state index contributed by atoms with van der Waals surface area (Å²) < 4.78 is 46.8. The van der Waals surface area contributed by atoms with E-state index in [-0.39, 0.29) is 5.75 Å². The van der Waals surface area contributed by atoms with Crippen LogP contribution in [0.25, 0.3) is 21.8 Å². The third-order valence-electron chi connectivity index (χ3n) is 3.37. The molecule has 142 valence electrons. The maximum atomic E-state index is 12.4. The van der Waals surface area contributed by atoms with Crippen LogP contribution < -0.4 is 4.74 Å². The van der Waals surface area contributed by atoms with Crippen LogP contribution in [-0.4, -0.2) is 30.7 Å². The Morgan fingerprint density at radius 2 is 2.04 bits per heavy atom. The molecule has 0 saturated carbocycles. The Balaban J connectivity index is 1.93. The molecule has 0 amide bonds. The van der Waals surface area contributed by atoms with Crippen LogP contribution in [0, 0.1) is 0 Å². The second kappa shape index (κ2) is 7.91. The Morgan fingerprint density at radius 1 is 1.26 bits per heavy atom. The van der Waals surface area contributed by atoms with Gasteiger partial charge in [-0.05, 0) is 24.5 Å². The van der Waals surface area contributed by atoms with Crippen molar-refractivity contribution in [2.75, 3.05) is 13.4 Å². The summed E-state index contributed by atoms with van der Waals surface area (Å²) in [5.41, 5.74) is 1.83. The summed E-state index contributed by atoms with van der Waals surface area (Å²) in [6.45, 7) is 0. The van der Waals surface area contributed by atoms with Gasteiger partial charge in [0.25, 0.3) is 0 Å². The maximum absolute atomic E-state index is 12.4. The monoisotopic (exact) mass is 431 g/mol. The summed E-state index contributed by atoms with van der Waals surface area (Å²) >= 11 is 4.14. The highest BCUT2D eigenvalue weighted by molar-refractivity contribution is 8.00. The predicted molar refractivity (Wildman–Crippen MR) is 101 cm³/mol. The zero-order chi connectivity index (χ0) is 19.6. The van der Waals surface area contributed by atoms with Gasteiger partial charge in [-0.25, -0.2) is 9.78 Å². The molecule has 0 bridgehead atoms. The van der Waals surface area contributed by atoms with Crippen molar-refractivity contribution in [2.24, 2.45) is 0 Å². The van der Waals surface area contributed by atoms with Crippen LogP contribution >= 0.6 is 34.4 Å². The van der Waals surface area contributed by atoms with Crippen LogP contribution in [0.3, 0.4) is 0 Å². The van der Waals surface area contributed by atoms with E-state index in [1.165, 1.54) is 59.7 Å². The van der Waals surface area contributed by atoms with Crippen molar-refractivity contribution in [3.8, 4) is 27.6 Å². The molecule has 10 heteroatoms. The van der Waals surface area contributed by atoms with Gasteiger partial charge in [0.1, 0.15) is 15.6 Å². The first-order valence-corrected chi connectivity index (χ1v) is 10.3. The van der Waals surface area contributed by atoms with Crippen molar-refractivity contribution < 1.29 is 27.4 Å². The van der Waals surface area contributed by atoms with Crippen molar-refractivity contribution in [3.63, 3.8) is 0 Å². The summed E-state index contributed by atoms with van der Waals surface area (Å²) in [5.74, 6) is -0.724. The largest absolute Gasteiger partial charge is 0.573 e.